The van der Waals surface area contributed by atoms with Crippen molar-refractivity contribution in [1.29, 1.82) is 0 Å². The monoisotopic (exact) mass is 285 g/mol. The van der Waals surface area contributed by atoms with Crippen LogP contribution in [-0.2, 0) is 9.53 Å². The third-order valence-corrected chi connectivity index (χ3v) is 3.37. The fourth-order valence-electron chi connectivity index (χ4n) is 2.09. The zero-order chi connectivity index (χ0) is 15.0. The van der Waals surface area contributed by atoms with Gasteiger partial charge in [0.1, 0.15) is 6.54 Å². The first kappa shape index (κ1) is 16.8. The van der Waals surface area contributed by atoms with Crippen molar-refractivity contribution in [2.75, 3.05) is 45.9 Å². The molecule has 1 heterocycles. The number of hydrogen-bond acceptors (Lipinski definition) is 4. The maximum absolute atomic E-state index is 11.9. The van der Waals surface area contributed by atoms with Crippen LogP contribution in [0.5, 0.6) is 0 Å². The zero-order valence-corrected chi connectivity index (χ0v) is 12.9. The van der Waals surface area contributed by atoms with Crippen molar-refractivity contribution in [3.8, 4) is 0 Å². The molecule has 0 atom stereocenters. The number of nitrogens with one attached hydrogen (secondary N) is 1. The second-order valence-electron chi connectivity index (χ2n) is 5.47. The van der Waals surface area contributed by atoms with Crippen molar-refractivity contribution < 1.29 is 14.3 Å². The minimum Gasteiger partial charge on any atom is -0.465 e. The summed E-state index contributed by atoms with van der Waals surface area (Å²) in [4.78, 5) is 27.2. The molecular weight excluding hydrogens is 258 g/mol. The molecule has 6 heteroatoms. The number of amides is 2. The lowest BCUT2D eigenvalue weighted by atomic mass is 10.1. The number of ether oxygens (including phenoxy) is 1. The van der Waals surface area contributed by atoms with Crippen LogP contribution in [0.4, 0.5) is 4.79 Å². The highest BCUT2D eigenvalue weighted by molar-refractivity contribution is 5.80. The van der Waals surface area contributed by atoms with Crippen molar-refractivity contribution in [3.63, 3.8) is 0 Å². The molecule has 2 amide bonds. The summed E-state index contributed by atoms with van der Waals surface area (Å²) in [6.07, 6.45) is 1.19. The second-order valence-corrected chi connectivity index (χ2v) is 5.47. The molecule has 0 unspecified atom stereocenters. The van der Waals surface area contributed by atoms with E-state index < -0.39 is 5.97 Å². The standard InChI is InChI=1S/C14H27N3O3/c1-4-20-13(18)11-15-14(19)17-9-7-16(8-10-17)6-5-12(2)3/h12H,4-11H2,1-3H3,(H,15,19). The average molecular weight is 285 g/mol. The molecular formula is C14H27N3O3. The number of hydrogen-bond donors (Lipinski definition) is 1. The van der Waals surface area contributed by atoms with Gasteiger partial charge in [0.2, 0.25) is 0 Å². The lowest BCUT2D eigenvalue weighted by molar-refractivity contribution is -0.141. The number of urea groups is 1. The van der Waals surface area contributed by atoms with Crippen LogP contribution in [0.3, 0.4) is 0 Å². The van der Waals surface area contributed by atoms with Gasteiger partial charge in [0.05, 0.1) is 6.61 Å². The summed E-state index contributed by atoms with van der Waals surface area (Å²) in [5.74, 6) is 0.317. The summed E-state index contributed by atoms with van der Waals surface area (Å²) in [6, 6.07) is -0.179. The van der Waals surface area contributed by atoms with E-state index in [2.05, 4.69) is 24.1 Å². The average Bonchev–Trinajstić information content (AvgIpc) is 2.43. The Labute approximate surface area is 121 Å². The largest absolute Gasteiger partial charge is 0.465 e. The number of carbonyl (C=O) groups excluding carboxylic acids is 2. The van der Waals surface area contributed by atoms with Crippen LogP contribution in [0.1, 0.15) is 27.2 Å². The molecule has 1 aliphatic rings. The molecule has 0 spiro atoms. The Balaban J connectivity index is 2.20. The number of rotatable bonds is 6. The van der Waals surface area contributed by atoms with Crippen LogP contribution < -0.4 is 5.32 Å². The Kier molecular flexibility index (Phi) is 7.36. The smallest absolute Gasteiger partial charge is 0.325 e. The summed E-state index contributed by atoms with van der Waals surface area (Å²) >= 11 is 0. The van der Waals surface area contributed by atoms with Crippen molar-refractivity contribution in [3.05, 3.63) is 0 Å². The fourth-order valence-corrected chi connectivity index (χ4v) is 2.09. The molecule has 1 N–H and O–H groups in total. The highest BCUT2D eigenvalue weighted by Gasteiger charge is 2.21. The van der Waals surface area contributed by atoms with E-state index in [9.17, 15) is 9.59 Å². The predicted molar refractivity (Wildman–Crippen MR) is 77.5 cm³/mol. The minimum absolute atomic E-state index is 0.0553. The molecule has 20 heavy (non-hydrogen) atoms. The first-order chi connectivity index (χ1) is 9.52. The number of carbonyl (C=O) groups is 2. The van der Waals surface area contributed by atoms with Gasteiger partial charge in [0, 0.05) is 26.2 Å². The molecule has 0 radical (unpaired) electrons. The van der Waals surface area contributed by atoms with Crippen LogP contribution in [-0.4, -0.2) is 67.7 Å². The highest BCUT2D eigenvalue weighted by atomic mass is 16.5. The van der Waals surface area contributed by atoms with Crippen molar-refractivity contribution >= 4 is 12.0 Å². The van der Waals surface area contributed by atoms with Gasteiger partial charge in [-0.05, 0) is 25.8 Å². The lowest BCUT2D eigenvalue weighted by Crippen LogP contribution is -2.52. The van der Waals surface area contributed by atoms with Gasteiger partial charge >= 0.3 is 12.0 Å². The van der Waals surface area contributed by atoms with E-state index in [-0.39, 0.29) is 12.6 Å². The third kappa shape index (κ3) is 6.23. The molecule has 0 aromatic rings. The van der Waals surface area contributed by atoms with Crippen LogP contribution in [0.2, 0.25) is 0 Å². The van der Waals surface area contributed by atoms with Gasteiger partial charge in [-0.2, -0.15) is 0 Å². The number of piperazine rings is 1. The van der Waals surface area contributed by atoms with Gasteiger partial charge in [0.15, 0.2) is 0 Å². The summed E-state index contributed by atoms with van der Waals surface area (Å²) in [6.45, 7) is 10.8. The maximum Gasteiger partial charge on any atom is 0.325 e. The van der Waals surface area contributed by atoms with Crippen LogP contribution in [0.15, 0.2) is 0 Å². The van der Waals surface area contributed by atoms with Crippen molar-refractivity contribution in [2.24, 2.45) is 5.92 Å². The Morgan fingerprint density at radius 1 is 1.20 bits per heavy atom. The number of nitrogens with zero attached hydrogens (tertiary/aromatic N) is 2. The van der Waals surface area contributed by atoms with Gasteiger partial charge < -0.3 is 15.0 Å². The Morgan fingerprint density at radius 3 is 2.40 bits per heavy atom. The highest BCUT2D eigenvalue weighted by Crippen LogP contribution is 2.06. The molecule has 6 nitrogen and oxygen atoms in total. The van der Waals surface area contributed by atoms with Crippen LogP contribution >= 0.6 is 0 Å². The van der Waals surface area contributed by atoms with Gasteiger partial charge in [-0.25, -0.2) is 4.79 Å². The van der Waals surface area contributed by atoms with E-state index in [4.69, 9.17) is 4.74 Å². The third-order valence-electron chi connectivity index (χ3n) is 3.37. The maximum atomic E-state index is 11.9. The first-order valence-electron chi connectivity index (χ1n) is 7.43. The van der Waals surface area contributed by atoms with E-state index in [0.29, 0.717) is 25.6 Å². The topological polar surface area (TPSA) is 61.9 Å². The molecule has 0 saturated carbocycles. The van der Waals surface area contributed by atoms with E-state index in [1.165, 1.54) is 6.42 Å². The van der Waals surface area contributed by atoms with Crippen LogP contribution in [0.25, 0.3) is 0 Å². The lowest BCUT2D eigenvalue weighted by Gasteiger charge is -2.34. The fraction of sp³-hybridized carbons (Fsp3) is 0.857. The summed E-state index contributed by atoms with van der Waals surface area (Å²) in [7, 11) is 0. The molecule has 0 aliphatic carbocycles. The van der Waals surface area contributed by atoms with Crippen molar-refractivity contribution in [1.82, 2.24) is 15.1 Å². The van der Waals surface area contributed by atoms with Gasteiger partial charge in [0.25, 0.3) is 0 Å². The quantitative estimate of drug-likeness (QED) is 0.737. The molecule has 1 fully saturated rings. The van der Waals surface area contributed by atoms with Gasteiger partial charge in [-0.3, -0.25) is 9.69 Å². The molecule has 1 aliphatic heterocycles. The van der Waals surface area contributed by atoms with Gasteiger partial charge in [-0.1, -0.05) is 13.8 Å². The normalized spacial score (nSPS) is 16.3. The molecule has 1 rings (SSSR count). The summed E-state index contributed by atoms with van der Waals surface area (Å²) in [5, 5.41) is 2.60. The van der Waals surface area contributed by atoms with E-state index in [1.54, 1.807) is 11.8 Å². The number of esters is 1. The zero-order valence-electron chi connectivity index (χ0n) is 12.9. The molecule has 0 aromatic heterocycles. The summed E-state index contributed by atoms with van der Waals surface area (Å²) < 4.78 is 4.77. The molecule has 1 saturated heterocycles. The minimum atomic E-state index is -0.392. The Hall–Kier alpha value is -1.30. The van der Waals surface area contributed by atoms with Gasteiger partial charge in [-0.15, -0.1) is 0 Å². The SMILES string of the molecule is CCOC(=O)CNC(=O)N1CCN(CCC(C)C)CC1. The Morgan fingerprint density at radius 2 is 1.85 bits per heavy atom. The van der Waals surface area contributed by atoms with E-state index >= 15 is 0 Å². The van der Waals surface area contributed by atoms with E-state index in [1.807, 2.05) is 0 Å². The Bertz CT molecular complexity index is 313. The predicted octanol–water partition coefficient (Wildman–Crippen LogP) is 0.923. The van der Waals surface area contributed by atoms with E-state index in [0.717, 1.165) is 19.6 Å². The van der Waals surface area contributed by atoms with Crippen LogP contribution in [0, 0.1) is 5.92 Å². The van der Waals surface area contributed by atoms with Crippen molar-refractivity contribution in [2.45, 2.75) is 27.2 Å². The molecule has 0 bridgehead atoms. The molecule has 116 valence electrons. The summed E-state index contributed by atoms with van der Waals surface area (Å²) in [5.41, 5.74) is 0. The molecule has 0 aromatic carbocycles. The second kappa shape index (κ2) is 8.79. The first-order valence-corrected chi connectivity index (χ1v) is 7.43.